The van der Waals surface area contributed by atoms with E-state index in [9.17, 15) is 22.8 Å². The van der Waals surface area contributed by atoms with Crippen molar-refractivity contribution in [2.24, 2.45) is 0 Å². The van der Waals surface area contributed by atoms with Crippen molar-refractivity contribution in [3.63, 3.8) is 0 Å². The molecular weight excluding hydrogens is 367 g/mol. The highest BCUT2D eigenvalue weighted by molar-refractivity contribution is 5.91. The van der Waals surface area contributed by atoms with E-state index in [0.29, 0.717) is 17.1 Å². The molecular formula is C18H24F3NO5. The minimum atomic E-state index is -4.72. The van der Waals surface area contributed by atoms with E-state index in [1.165, 1.54) is 14.2 Å². The van der Waals surface area contributed by atoms with Crippen LogP contribution in [0, 0.1) is 0 Å². The SMILES string of the molecule is CCC(CC)(C(=O)NC(CC(F)(F)F)C(=O)O)c1ccc(OC)c(OC)c1. The summed E-state index contributed by atoms with van der Waals surface area (Å²) in [5, 5.41) is 11.1. The van der Waals surface area contributed by atoms with Gasteiger partial charge in [0.25, 0.3) is 0 Å². The van der Waals surface area contributed by atoms with E-state index in [1.807, 2.05) is 5.32 Å². The molecule has 0 spiro atoms. The summed E-state index contributed by atoms with van der Waals surface area (Å²) in [7, 11) is 2.87. The van der Waals surface area contributed by atoms with E-state index < -0.39 is 35.9 Å². The number of carbonyl (C=O) groups excluding carboxylic acids is 1. The van der Waals surface area contributed by atoms with E-state index >= 15 is 0 Å². The maximum atomic E-state index is 12.9. The third-order valence-corrected chi connectivity index (χ3v) is 4.62. The Balaban J connectivity index is 3.28. The van der Waals surface area contributed by atoms with Crippen LogP contribution in [-0.4, -0.2) is 43.4 Å². The number of nitrogens with one attached hydrogen (secondary N) is 1. The van der Waals surface area contributed by atoms with Gasteiger partial charge in [0, 0.05) is 0 Å². The molecule has 0 saturated carbocycles. The summed E-state index contributed by atoms with van der Waals surface area (Å²) < 4.78 is 48.3. The quantitative estimate of drug-likeness (QED) is 0.675. The van der Waals surface area contributed by atoms with E-state index in [-0.39, 0.29) is 12.8 Å². The molecule has 27 heavy (non-hydrogen) atoms. The molecule has 1 unspecified atom stereocenters. The number of carboxylic acid groups (broad SMARTS) is 1. The van der Waals surface area contributed by atoms with Crippen LogP contribution in [0.4, 0.5) is 13.2 Å². The molecule has 6 nitrogen and oxygen atoms in total. The van der Waals surface area contributed by atoms with Crippen LogP contribution in [0.15, 0.2) is 18.2 Å². The van der Waals surface area contributed by atoms with Gasteiger partial charge in [0.05, 0.1) is 26.1 Å². The number of methoxy groups -OCH3 is 2. The van der Waals surface area contributed by atoms with Crippen LogP contribution < -0.4 is 14.8 Å². The predicted octanol–water partition coefficient (Wildman–Crippen LogP) is 3.28. The number of rotatable bonds is 9. The molecule has 0 heterocycles. The fourth-order valence-electron chi connectivity index (χ4n) is 2.97. The maximum absolute atomic E-state index is 12.9. The number of alkyl halides is 3. The van der Waals surface area contributed by atoms with Crippen molar-refractivity contribution in [1.82, 2.24) is 5.32 Å². The van der Waals surface area contributed by atoms with E-state index in [0.717, 1.165) is 0 Å². The number of hydrogen-bond donors (Lipinski definition) is 2. The molecule has 152 valence electrons. The number of carboxylic acids is 1. The van der Waals surface area contributed by atoms with Gasteiger partial charge in [-0.2, -0.15) is 13.2 Å². The lowest BCUT2D eigenvalue weighted by Crippen LogP contribution is -2.51. The van der Waals surface area contributed by atoms with Gasteiger partial charge in [-0.25, -0.2) is 4.79 Å². The Bertz CT molecular complexity index is 671. The number of halogens is 3. The number of hydrogen-bond acceptors (Lipinski definition) is 4. The highest BCUT2D eigenvalue weighted by atomic mass is 19.4. The first kappa shape index (κ1) is 22.6. The van der Waals surface area contributed by atoms with Crippen LogP contribution in [0.3, 0.4) is 0 Å². The topological polar surface area (TPSA) is 84.9 Å². The minimum Gasteiger partial charge on any atom is -0.493 e. The first-order valence-corrected chi connectivity index (χ1v) is 8.37. The smallest absolute Gasteiger partial charge is 0.391 e. The third kappa shape index (κ3) is 5.27. The zero-order chi connectivity index (χ0) is 20.8. The number of amides is 1. The first-order chi connectivity index (χ1) is 12.5. The molecule has 0 saturated heterocycles. The fourth-order valence-corrected chi connectivity index (χ4v) is 2.97. The van der Waals surface area contributed by atoms with Gasteiger partial charge in [-0.15, -0.1) is 0 Å². The molecule has 1 rings (SSSR count). The highest BCUT2D eigenvalue weighted by Crippen LogP contribution is 2.38. The lowest BCUT2D eigenvalue weighted by molar-refractivity contribution is -0.160. The molecule has 2 N–H and O–H groups in total. The van der Waals surface area contributed by atoms with Crippen molar-refractivity contribution in [3.8, 4) is 11.5 Å². The lowest BCUT2D eigenvalue weighted by Gasteiger charge is -2.32. The average molecular weight is 391 g/mol. The molecule has 9 heteroatoms. The van der Waals surface area contributed by atoms with Crippen LogP contribution in [0.2, 0.25) is 0 Å². The Morgan fingerprint density at radius 2 is 1.67 bits per heavy atom. The number of aliphatic carboxylic acids is 1. The van der Waals surface area contributed by atoms with Gasteiger partial charge in [-0.1, -0.05) is 19.9 Å². The second-order valence-corrected chi connectivity index (χ2v) is 6.04. The molecule has 1 amide bonds. The highest BCUT2D eigenvalue weighted by Gasteiger charge is 2.42. The van der Waals surface area contributed by atoms with Crippen LogP contribution in [0.1, 0.15) is 38.7 Å². The molecule has 1 aromatic rings. The summed E-state index contributed by atoms with van der Waals surface area (Å²) in [5.74, 6) is -1.73. The van der Waals surface area contributed by atoms with E-state index in [1.54, 1.807) is 32.0 Å². The largest absolute Gasteiger partial charge is 0.493 e. The molecule has 0 radical (unpaired) electrons. The maximum Gasteiger partial charge on any atom is 0.391 e. The molecule has 0 bridgehead atoms. The second-order valence-electron chi connectivity index (χ2n) is 6.04. The Kier molecular flexibility index (Phi) is 7.50. The summed E-state index contributed by atoms with van der Waals surface area (Å²) in [6, 6.07) is 2.72. The summed E-state index contributed by atoms with van der Waals surface area (Å²) in [6.07, 6.45) is -5.86. The molecule has 1 aromatic carbocycles. The molecule has 0 aromatic heterocycles. The van der Waals surface area contributed by atoms with Crippen molar-refractivity contribution in [3.05, 3.63) is 23.8 Å². The van der Waals surface area contributed by atoms with Crippen molar-refractivity contribution in [2.45, 2.75) is 50.7 Å². The van der Waals surface area contributed by atoms with Gasteiger partial charge in [0.15, 0.2) is 11.5 Å². The molecule has 1 atom stereocenters. The zero-order valence-corrected chi connectivity index (χ0v) is 15.6. The van der Waals surface area contributed by atoms with Crippen LogP contribution in [-0.2, 0) is 15.0 Å². The average Bonchev–Trinajstić information content (AvgIpc) is 2.61. The number of benzene rings is 1. The molecule has 0 fully saturated rings. The minimum absolute atomic E-state index is 0.253. The monoisotopic (exact) mass is 391 g/mol. The number of carbonyl (C=O) groups is 2. The van der Waals surface area contributed by atoms with Crippen LogP contribution in [0.5, 0.6) is 11.5 Å². The lowest BCUT2D eigenvalue weighted by atomic mass is 9.74. The van der Waals surface area contributed by atoms with Crippen LogP contribution >= 0.6 is 0 Å². The summed E-state index contributed by atoms with van der Waals surface area (Å²) >= 11 is 0. The van der Waals surface area contributed by atoms with Crippen molar-refractivity contribution >= 4 is 11.9 Å². The van der Waals surface area contributed by atoms with Gasteiger partial charge in [0.1, 0.15) is 6.04 Å². The Hall–Kier alpha value is -2.45. The van der Waals surface area contributed by atoms with Gasteiger partial charge >= 0.3 is 12.1 Å². The molecule has 0 aliphatic rings. The zero-order valence-electron chi connectivity index (χ0n) is 15.6. The normalized spacial score (nSPS) is 13.0. The standard InChI is InChI=1S/C18H24F3NO5/c1-5-17(6-2,11-7-8-13(26-3)14(9-11)27-4)16(25)22-12(15(23)24)10-18(19,20)21/h7-9,12H,5-6,10H2,1-4H3,(H,22,25)(H,23,24). The van der Waals surface area contributed by atoms with Gasteiger partial charge in [-0.3, -0.25) is 4.79 Å². The Morgan fingerprint density at radius 3 is 2.07 bits per heavy atom. The fraction of sp³-hybridized carbons (Fsp3) is 0.556. The van der Waals surface area contributed by atoms with Crippen molar-refractivity contribution in [1.29, 1.82) is 0 Å². The first-order valence-electron chi connectivity index (χ1n) is 8.37. The van der Waals surface area contributed by atoms with Crippen LogP contribution in [0.25, 0.3) is 0 Å². The number of ether oxygens (including phenoxy) is 2. The van der Waals surface area contributed by atoms with Gasteiger partial charge in [-0.05, 0) is 30.5 Å². The van der Waals surface area contributed by atoms with Crippen molar-refractivity contribution < 1.29 is 37.3 Å². The third-order valence-electron chi connectivity index (χ3n) is 4.62. The Morgan fingerprint density at radius 1 is 1.11 bits per heavy atom. The second kappa shape index (κ2) is 8.96. The summed E-state index contributed by atoms with van der Waals surface area (Å²) in [5.41, 5.74) is -0.711. The summed E-state index contributed by atoms with van der Waals surface area (Å²) in [4.78, 5) is 24.1. The van der Waals surface area contributed by atoms with E-state index in [4.69, 9.17) is 14.6 Å². The van der Waals surface area contributed by atoms with Crippen molar-refractivity contribution in [2.75, 3.05) is 14.2 Å². The van der Waals surface area contributed by atoms with E-state index in [2.05, 4.69) is 0 Å². The van der Waals surface area contributed by atoms with Gasteiger partial charge < -0.3 is 19.9 Å². The van der Waals surface area contributed by atoms with Gasteiger partial charge in [0.2, 0.25) is 5.91 Å². The predicted molar refractivity (Wildman–Crippen MR) is 92.0 cm³/mol. The Labute approximate surface area is 155 Å². The molecule has 0 aliphatic carbocycles. The molecule has 0 aliphatic heterocycles. The summed E-state index contributed by atoms with van der Waals surface area (Å²) in [6.45, 7) is 3.42.